The van der Waals surface area contributed by atoms with Crippen LogP contribution in [0.2, 0.25) is 0 Å². The molecule has 0 bridgehead atoms. The third kappa shape index (κ3) is 4.06. The zero-order valence-corrected chi connectivity index (χ0v) is 12.7. The van der Waals surface area contributed by atoms with Crippen molar-refractivity contribution >= 4 is 11.9 Å². The molecule has 0 amide bonds. The van der Waals surface area contributed by atoms with Gasteiger partial charge in [0.1, 0.15) is 11.2 Å². The van der Waals surface area contributed by atoms with Crippen LogP contribution in [0.4, 0.5) is 0 Å². The molecular formula is C15H22N2O4. The van der Waals surface area contributed by atoms with Crippen LogP contribution in [-0.2, 0) is 19.7 Å². The fraction of sp³-hybridized carbons (Fsp3) is 0.600. The maximum absolute atomic E-state index is 12.0. The molecule has 1 aromatic heterocycles. The van der Waals surface area contributed by atoms with Crippen molar-refractivity contribution in [3.8, 4) is 0 Å². The van der Waals surface area contributed by atoms with E-state index in [9.17, 15) is 14.7 Å². The van der Waals surface area contributed by atoms with Crippen LogP contribution in [0.15, 0.2) is 12.4 Å². The van der Waals surface area contributed by atoms with E-state index in [1.54, 1.807) is 0 Å². The van der Waals surface area contributed by atoms with E-state index in [4.69, 9.17) is 11.7 Å². The number of ether oxygens (including phenoxy) is 1. The minimum absolute atomic E-state index is 0.117. The maximum atomic E-state index is 12.0. The van der Waals surface area contributed by atoms with E-state index in [-0.39, 0.29) is 18.9 Å². The summed E-state index contributed by atoms with van der Waals surface area (Å²) in [6, 6.07) is 0. The van der Waals surface area contributed by atoms with Gasteiger partial charge in [-0.2, -0.15) is 0 Å². The van der Waals surface area contributed by atoms with Crippen molar-refractivity contribution in [2.75, 3.05) is 6.61 Å². The molecule has 0 aliphatic carbocycles. The molecule has 0 fully saturated rings. The second-order valence-electron chi connectivity index (χ2n) is 5.66. The van der Waals surface area contributed by atoms with Crippen LogP contribution in [-0.4, -0.2) is 33.6 Å². The zero-order chi connectivity index (χ0) is 16.1. The van der Waals surface area contributed by atoms with E-state index in [2.05, 4.69) is 9.97 Å². The Balaban J connectivity index is 2.88. The van der Waals surface area contributed by atoms with Gasteiger partial charge in [-0.25, -0.2) is 4.98 Å². The Morgan fingerprint density at radius 3 is 2.62 bits per heavy atom. The van der Waals surface area contributed by atoms with Crippen LogP contribution >= 0.6 is 0 Å². The quantitative estimate of drug-likeness (QED) is 0.566. The van der Waals surface area contributed by atoms with Crippen LogP contribution in [0, 0.1) is 12.3 Å². The van der Waals surface area contributed by atoms with E-state index in [0.29, 0.717) is 0 Å². The van der Waals surface area contributed by atoms with Crippen molar-refractivity contribution in [3.63, 3.8) is 0 Å². The number of carbonyl (C=O) groups is 2. The highest BCUT2D eigenvalue weighted by molar-refractivity contribution is 5.83. The van der Waals surface area contributed by atoms with Gasteiger partial charge in [-0.3, -0.25) is 9.59 Å². The molecule has 6 heteroatoms. The number of unbranched alkanes of at least 4 members (excludes halogenated alkanes) is 1. The van der Waals surface area contributed by atoms with Gasteiger partial charge in [0.15, 0.2) is 0 Å². The van der Waals surface area contributed by atoms with Gasteiger partial charge in [-0.1, -0.05) is 13.3 Å². The van der Waals surface area contributed by atoms with Gasteiger partial charge in [0.2, 0.25) is 0 Å². The summed E-state index contributed by atoms with van der Waals surface area (Å²) in [6.07, 6.45) is 4.52. The van der Waals surface area contributed by atoms with Crippen molar-refractivity contribution in [1.82, 2.24) is 9.97 Å². The lowest BCUT2D eigenvalue weighted by molar-refractivity contribution is -0.155. The Morgan fingerprint density at radius 1 is 1.48 bits per heavy atom. The van der Waals surface area contributed by atoms with Gasteiger partial charge in [0, 0.05) is 12.4 Å². The Labute approximate surface area is 124 Å². The number of carbonyl (C=O) groups excluding carboxylic acids is 1. The molecule has 116 valence electrons. The number of hydrogen-bond donors (Lipinski definition) is 2. The number of rotatable bonds is 8. The van der Waals surface area contributed by atoms with Crippen molar-refractivity contribution in [2.24, 2.45) is 5.41 Å². The summed E-state index contributed by atoms with van der Waals surface area (Å²) in [5.74, 6) is -1.45. The van der Waals surface area contributed by atoms with Gasteiger partial charge >= 0.3 is 11.9 Å². The van der Waals surface area contributed by atoms with Crippen LogP contribution < -0.4 is 0 Å². The summed E-state index contributed by atoms with van der Waals surface area (Å²) in [6.45, 7) is 11.2. The highest BCUT2D eigenvalue weighted by Gasteiger charge is 2.46. The SMILES string of the molecule is [CH]C(C)(CC(C)(C(=O)O)c1ncc[nH]1)C(=O)OCCCC. The normalized spacial score (nSPS) is 14.5. The smallest absolute Gasteiger partial charge is 0.317 e. The molecule has 1 rings (SSSR count). The molecule has 1 aromatic rings. The lowest BCUT2D eigenvalue weighted by Crippen LogP contribution is -2.42. The number of H-pyrrole nitrogens is 1. The van der Waals surface area contributed by atoms with Crippen molar-refractivity contribution in [1.29, 1.82) is 0 Å². The number of hydrogen-bond acceptors (Lipinski definition) is 4. The van der Waals surface area contributed by atoms with Crippen molar-refractivity contribution in [3.05, 3.63) is 25.1 Å². The lowest BCUT2D eigenvalue weighted by Gasteiger charge is -2.31. The number of nitrogens with one attached hydrogen (secondary N) is 1. The van der Waals surface area contributed by atoms with E-state index >= 15 is 0 Å². The molecule has 21 heavy (non-hydrogen) atoms. The molecule has 1 heterocycles. The molecule has 0 saturated heterocycles. The average molecular weight is 294 g/mol. The first kappa shape index (κ1) is 17.2. The summed E-state index contributed by atoms with van der Waals surface area (Å²) < 4.78 is 5.10. The van der Waals surface area contributed by atoms with Crippen LogP contribution in [0.1, 0.15) is 45.9 Å². The zero-order valence-electron chi connectivity index (χ0n) is 12.7. The third-order valence-corrected chi connectivity index (χ3v) is 3.41. The molecule has 2 N–H and O–H groups in total. The van der Waals surface area contributed by atoms with E-state index in [1.807, 2.05) is 6.92 Å². The van der Waals surface area contributed by atoms with E-state index in [1.165, 1.54) is 26.2 Å². The molecule has 2 atom stereocenters. The largest absolute Gasteiger partial charge is 0.480 e. The summed E-state index contributed by atoms with van der Waals surface area (Å²) in [4.78, 5) is 30.4. The molecule has 0 spiro atoms. The Hall–Kier alpha value is -1.85. The number of imidazole rings is 1. The predicted octanol–water partition coefficient (Wildman–Crippen LogP) is 2.20. The number of esters is 1. The summed E-state index contributed by atoms with van der Waals surface area (Å²) in [5.41, 5.74) is -2.80. The Bertz CT molecular complexity index is 482. The Kier molecular flexibility index (Phi) is 5.52. The molecule has 0 aliphatic rings. The first-order valence-electron chi connectivity index (χ1n) is 6.93. The van der Waals surface area contributed by atoms with E-state index in [0.717, 1.165) is 12.8 Å². The summed E-state index contributed by atoms with van der Waals surface area (Å²) in [7, 11) is 0. The van der Waals surface area contributed by atoms with Crippen LogP contribution in [0.5, 0.6) is 0 Å². The molecule has 2 radical (unpaired) electrons. The standard InChI is InChI=1S/C15H22N2O4/c1-5-6-9-21-13(20)14(2,3)10-15(4,12(18)19)11-16-7-8-17-11/h2,7-8H,5-6,9-10H2,1,3-4H3,(H,16,17)(H,18,19). The molecule has 0 aromatic carbocycles. The van der Waals surface area contributed by atoms with Crippen LogP contribution in [0.3, 0.4) is 0 Å². The highest BCUT2D eigenvalue weighted by Crippen LogP contribution is 2.36. The fourth-order valence-corrected chi connectivity index (χ4v) is 2.11. The topological polar surface area (TPSA) is 92.3 Å². The number of aromatic nitrogens is 2. The average Bonchev–Trinajstić information content (AvgIpc) is 2.92. The second kappa shape index (κ2) is 6.74. The number of carboxylic acids is 1. The van der Waals surface area contributed by atoms with Crippen molar-refractivity contribution < 1.29 is 19.4 Å². The summed E-state index contributed by atoms with van der Waals surface area (Å²) in [5, 5.41) is 9.50. The fourth-order valence-electron chi connectivity index (χ4n) is 2.11. The Morgan fingerprint density at radius 2 is 2.14 bits per heavy atom. The van der Waals surface area contributed by atoms with Gasteiger partial charge in [-0.15, -0.1) is 0 Å². The molecule has 0 saturated carbocycles. The van der Waals surface area contributed by atoms with Crippen molar-refractivity contribution in [2.45, 2.75) is 45.4 Å². The van der Waals surface area contributed by atoms with Gasteiger partial charge in [0.25, 0.3) is 0 Å². The molecular weight excluding hydrogens is 272 g/mol. The minimum atomic E-state index is -1.41. The monoisotopic (exact) mass is 294 g/mol. The number of aliphatic carboxylic acids is 1. The molecule has 6 nitrogen and oxygen atoms in total. The highest BCUT2D eigenvalue weighted by atomic mass is 16.5. The number of aromatic amines is 1. The first-order chi connectivity index (χ1) is 9.74. The van der Waals surface area contributed by atoms with Crippen LogP contribution in [0.25, 0.3) is 0 Å². The summed E-state index contributed by atoms with van der Waals surface area (Å²) >= 11 is 0. The predicted molar refractivity (Wildman–Crippen MR) is 76.5 cm³/mol. The number of carboxylic acid groups (broad SMARTS) is 1. The molecule has 2 unspecified atom stereocenters. The first-order valence-corrected chi connectivity index (χ1v) is 6.93. The number of nitrogens with zero attached hydrogens (tertiary/aromatic N) is 1. The minimum Gasteiger partial charge on any atom is -0.480 e. The second-order valence-corrected chi connectivity index (χ2v) is 5.66. The lowest BCUT2D eigenvalue weighted by atomic mass is 9.73. The third-order valence-electron chi connectivity index (χ3n) is 3.41. The van der Waals surface area contributed by atoms with Gasteiger partial charge in [0.05, 0.1) is 12.0 Å². The van der Waals surface area contributed by atoms with Gasteiger partial charge < -0.3 is 14.8 Å². The van der Waals surface area contributed by atoms with Gasteiger partial charge in [-0.05, 0) is 33.6 Å². The maximum Gasteiger partial charge on any atom is 0.317 e. The molecule has 0 aliphatic heterocycles. The van der Waals surface area contributed by atoms with E-state index < -0.39 is 22.8 Å².